The molecule has 3 rings (SSSR count). The minimum absolute atomic E-state index is 0.0988. The van der Waals surface area contributed by atoms with E-state index in [2.05, 4.69) is 20.4 Å². The predicted octanol–water partition coefficient (Wildman–Crippen LogP) is 0.965. The van der Waals surface area contributed by atoms with E-state index in [9.17, 15) is 4.79 Å². The molecule has 0 saturated carbocycles. The predicted molar refractivity (Wildman–Crippen MR) is 66.5 cm³/mol. The summed E-state index contributed by atoms with van der Waals surface area (Å²) in [7, 11) is 0. The fraction of sp³-hybridized carbons (Fsp3) is 0.167. The number of aliphatic carboxylic acids is 1. The van der Waals surface area contributed by atoms with Crippen molar-refractivity contribution in [1.82, 2.24) is 19.7 Å². The summed E-state index contributed by atoms with van der Waals surface area (Å²) in [5, 5.41) is 16.2. The lowest BCUT2D eigenvalue weighted by atomic mass is 10.1. The van der Waals surface area contributed by atoms with E-state index in [1.165, 1.54) is 0 Å². The zero-order valence-electron chi connectivity index (χ0n) is 10.1. The van der Waals surface area contributed by atoms with Gasteiger partial charge in [-0.2, -0.15) is 10.1 Å². The van der Waals surface area contributed by atoms with Crippen molar-refractivity contribution in [3.63, 3.8) is 0 Å². The second-order valence-corrected chi connectivity index (χ2v) is 4.16. The number of nitrogens with one attached hydrogen (secondary N) is 1. The Kier molecular flexibility index (Phi) is 2.52. The number of hydrogen-bond donors (Lipinski definition) is 2. The van der Waals surface area contributed by atoms with Crippen molar-refractivity contribution in [3.8, 4) is 0 Å². The largest absolute Gasteiger partial charge is 0.477 e. The number of nitrogens with zero attached hydrogens (tertiary/aromatic N) is 4. The highest BCUT2D eigenvalue weighted by Crippen LogP contribution is 2.28. The summed E-state index contributed by atoms with van der Waals surface area (Å²) in [6, 6.07) is 3.35. The number of aryl methyl sites for hydroxylation is 1. The van der Waals surface area contributed by atoms with Gasteiger partial charge in [-0.05, 0) is 30.7 Å². The molecule has 3 heterocycles. The number of pyridine rings is 1. The molecule has 0 bridgehead atoms. The third-order valence-electron chi connectivity index (χ3n) is 2.85. The Labute approximate surface area is 108 Å². The number of anilines is 1. The summed E-state index contributed by atoms with van der Waals surface area (Å²) in [5.74, 6) is -0.00762. The number of aromatic nitrogens is 4. The topological polar surface area (TPSA) is 92.9 Å². The van der Waals surface area contributed by atoms with Gasteiger partial charge in [0.25, 0.3) is 0 Å². The molecule has 0 spiro atoms. The number of fused-ring (bicyclic) bond motifs is 1. The minimum atomic E-state index is -1.02. The molecule has 2 aromatic rings. The summed E-state index contributed by atoms with van der Waals surface area (Å²) in [6.45, 7) is 1.76. The van der Waals surface area contributed by atoms with Crippen LogP contribution in [-0.2, 0) is 4.79 Å². The fourth-order valence-electron chi connectivity index (χ4n) is 2.02. The maximum atomic E-state index is 11.1. The zero-order valence-corrected chi connectivity index (χ0v) is 10.1. The Morgan fingerprint density at radius 3 is 2.84 bits per heavy atom. The smallest absolute Gasteiger partial charge is 0.352 e. The number of carboxylic acid groups (broad SMARTS) is 1. The van der Waals surface area contributed by atoms with E-state index < -0.39 is 5.97 Å². The van der Waals surface area contributed by atoms with Crippen LogP contribution < -0.4 is 5.32 Å². The SMILES string of the molecule is Cc1nc2n(n1)C(c1ccncc1)C=C(C(=O)O)N2. The van der Waals surface area contributed by atoms with Gasteiger partial charge in [0.2, 0.25) is 5.95 Å². The number of rotatable bonds is 2. The Balaban J connectivity index is 2.13. The van der Waals surface area contributed by atoms with Crippen LogP contribution >= 0.6 is 0 Å². The molecule has 0 fully saturated rings. The van der Waals surface area contributed by atoms with Crippen LogP contribution in [-0.4, -0.2) is 30.8 Å². The van der Waals surface area contributed by atoms with Gasteiger partial charge in [-0.1, -0.05) is 0 Å². The monoisotopic (exact) mass is 257 g/mol. The van der Waals surface area contributed by atoms with Crippen molar-refractivity contribution in [3.05, 3.63) is 47.7 Å². The van der Waals surface area contributed by atoms with Gasteiger partial charge in [0.1, 0.15) is 17.6 Å². The Hall–Kier alpha value is -2.70. The molecular weight excluding hydrogens is 246 g/mol. The molecule has 7 nitrogen and oxygen atoms in total. The zero-order chi connectivity index (χ0) is 13.4. The molecule has 2 aromatic heterocycles. The van der Waals surface area contributed by atoms with Crippen molar-refractivity contribution < 1.29 is 9.90 Å². The van der Waals surface area contributed by atoms with E-state index >= 15 is 0 Å². The summed E-state index contributed by atoms with van der Waals surface area (Å²) < 4.78 is 1.66. The first-order chi connectivity index (χ1) is 9.15. The third-order valence-corrected chi connectivity index (χ3v) is 2.85. The van der Waals surface area contributed by atoms with E-state index in [1.54, 1.807) is 30.1 Å². The van der Waals surface area contributed by atoms with Crippen molar-refractivity contribution in [2.24, 2.45) is 0 Å². The van der Waals surface area contributed by atoms with Gasteiger partial charge in [0.15, 0.2) is 0 Å². The normalized spacial score (nSPS) is 17.3. The number of hydrogen-bond acceptors (Lipinski definition) is 5. The summed E-state index contributed by atoms with van der Waals surface area (Å²) in [6.07, 6.45) is 4.93. The van der Waals surface area contributed by atoms with Crippen molar-refractivity contribution in [2.45, 2.75) is 13.0 Å². The molecule has 0 aromatic carbocycles. The van der Waals surface area contributed by atoms with Crippen LogP contribution in [0.1, 0.15) is 17.4 Å². The number of carbonyl (C=O) groups is 1. The first kappa shape index (κ1) is 11.4. The van der Waals surface area contributed by atoms with Crippen LogP contribution in [0.3, 0.4) is 0 Å². The minimum Gasteiger partial charge on any atom is -0.477 e. The van der Waals surface area contributed by atoms with Crippen LogP contribution in [0.4, 0.5) is 5.95 Å². The van der Waals surface area contributed by atoms with E-state index in [0.29, 0.717) is 11.8 Å². The van der Waals surface area contributed by atoms with Crippen LogP contribution in [0.2, 0.25) is 0 Å². The first-order valence-electron chi connectivity index (χ1n) is 5.70. The Bertz CT molecular complexity index is 662. The molecule has 1 unspecified atom stereocenters. The van der Waals surface area contributed by atoms with Gasteiger partial charge in [0.05, 0.1) is 0 Å². The maximum absolute atomic E-state index is 11.1. The highest BCUT2D eigenvalue weighted by Gasteiger charge is 2.26. The third kappa shape index (κ3) is 1.95. The van der Waals surface area contributed by atoms with Crippen molar-refractivity contribution in [2.75, 3.05) is 5.32 Å². The lowest BCUT2D eigenvalue weighted by Crippen LogP contribution is -2.24. The molecule has 0 saturated heterocycles. The second kappa shape index (κ2) is 4.20. The van der Waals surface area contributed by atoms with Gasteiger partial charge in [0, 0.05) is 12.4 Å². The van der Waals surface area contributed by atoms with Crippen LogP contribution in [0.5, 0.6) is 0 Å². The first-order valence-corrected chi connectivity index (χ1v) is 5.70. The van der Waals surface area contributed by atoms with Crippen molar-refractivity contribution >= 4 is 11.9 Å². The molecule has 1 aliphatic rings. The number of carboxylic acids is 1. The lowest BCUT2D eigenvalue weighted by molar-refractivity contribution is -0.132. The molecule has 1 aliphatic heterocycles. The van der Waals surface area contributed by atoms with Gasteiger partial charge < -0.3 is 10.4 Å². The molecule has 96 valence electrons. The maximum Gasteiger partial charge on any atom is 0.352 e. The van der Waals surface area contributed by atoms with Gasteiger partial charge in [-0.15, -0.1) is 0 Å². The Morgan fingerprint density at radius 2 is 2.16 bits per heavy atom. The van der Waals surface area contributed by atoms with E-state index in [1.807, 2.05) is 12.1 Å². The molecule has 1 atom stereocenters. The molecule has 0 radical (unpaired) electrons. The second-order valence-electron chi connectivity index (χ2n) is 4.16. The van der Waals surface area contributed by atoms with Gasteiger partial charge in [-0.25, -0.2) is 9.48 Å². The standard InChI is InChI=1S/C12H11N5O2/c1-7-14-12-15-9(11(18)19)6-10(17(12)16-7)8-2-4-13-5-3-8/h2-6,10H,1H3,(H,18,19)(H,14,15,16). The molecule has 19 heavy (non-hydrogen) atoms. The van der Waals surface area contributed by atoms with Gasteiger partial charge in [-0.3, -0.25) is 4.98 Å². The van der Waals surface area contributed by atoms with E-state index in [-0.39, 0.29) is 11.7 Å². The van der Waals surface area contributed by atoms with E-state index in [0.717, 1.165) is 5.56 Å². The van der Waals surface area contributed by atoms with E-state index in [4.69, 9.17) is 5.11 Å². The lowest BCUT2D eigenvalue weighted by Gasteiger charge is -2.22. The molecular formula is C12H11N5O2. The Morgan fingerprint density at radius 1 is 1.42 bits per heavy atom. The average molecular weight is 257 g/mol. The molecule has 2 N–H and O–H groups in total. The van der Waals surface area contributed by atoms with Crippen LogP contribution in [0, 0.1) is 6.92 Å². The summed E-state index contributed by atoms with van der Waals surface area (Å²) in [5.41, 5.74) is 1.00. The number of allylic oxidation sites excluding steroid dienone is 1. The molecule has 7 heteroatoms. The average Bonchev–Trinajstić information content (AvgIpc) is 2.78. The molecule has 0 aliphatic carbocycles. The van der Waals surface area contributed by atoms with Crippen molar-refractivity contribution in [1.29, 1.82) is 0 Å². The van der Waals surface area contributed by atoms with Crippen LogP contribution in [0.25, 0.3) is 0 Å². The fourth-order valence-corrected chi connectivity index (χ4v) is 2.02. The highest BCUT2D eigenvalue weighted by molar-refractivity contribution is 5.90. The summed E-state index contributed by atoms with van der Waals surface area (Å²) in [4.78, 5) is 19.3. The van der Waals surface area contributed by atoms with Gasteiger partial charge >= 0.3 is 5.97 Å². The molecule has 0 amide bonds. The van der Waals surface area contributed by atoms with Crippen LogP contribution in [0.15, 0.2) is 36.3 Å². The quantitative estimate of drug-likeness (QED) is 0.832. The highest BCUT2D eigenvalue weighted by atomic mass is 16.4. The summed E-state index contributed by atoms with van der Waals surface area (Å²) >= 11 is 0.